The molecule has 1 aromatic heterocycles. The maximum Gasteiger partial charge on any atom is 0.416 e. The van der Waals surface area contributed by atoms with Crippen LogP contribution in [0.15, 0.2) is 40.3 Å². The molecule has 1 aliphatic heterocycles. The molecule has 1 fully saturated rings. The number of hydrogen-bond donors (Lipinski definition) is 1. The highest BCUT2D eigenvalue weighted by Gasteiger charge is 2.46. The average molecular weight is 502 g/mol. The molecule has 178 valence electrons. The zero-order chi connectivity index (χ0) is 23.9. The van der Waals surface area contributed by atoms with Crippen molar-refractivity contribution in [2.75, 3.05) is 12.4 Å². The summed E-state index contributed by atoms with van der Waals surface area (Å²) in [6.45, 7) is 1.28. The molecule has 7 nitrogen and oxygen atoms in total. The molecule has 32 heavy (non-hydrogen) atoms. The number of ether oxygens (including phenoxy) is 1. The highest BCUT2D eigenvalue weighted by atomic mass is 32.2. The Morgan fingerprint density at radius 3 is 2.53 bits per heavy atom. The Bertz CT molecular complexity index is 1190. The van der Waals surface area contributed by atoms with E-state index in [2.05, 4.69) is 10.2 Å². The summed E-state index contributed by atoms with van der Waals surface area (Å²) in [5.41, 5.74) is -1.05. The van der Waals surface area contributed by atoms with Crippen molar-refractivity contribution in [1.82, 2.24) is 10.2 Å². The van der Waals surface area contributed by atoms with Gasteiger partial charge in [-0.15, -0.1) is 0 Å². The molecule has 0 aliphatic carbocycles. The molecule has 14 heteroatoms. The summed E-state index contributed by atoms with van der Waals surface area (Å²) < 4.78 is 118. The standard InChI is InChI=1S/C18H19F5N2O5S2/c1-17(32(28,29)12-4-2-3-11(7-12)18(21,22)23)5-6-30-14(9-17)13-8-16(25-24-13)31(26,27)10-15(19)20/h2-4,7-8,14-15H,5-6,9-10H2,1H3,(H,24,25). The number of sulfone groups is 2. The molecule has 0 radical (unpaired) electrons. The molecule has 2 atom stereocenters. The van der Waals surface area contributed by atoms with E-state index in [0.29, 0.717) is 6.07 Å². The van der Waals surface area contributed by atoms with Crippen LogP contribution in [-0.4, -0.2) is 50.6 Å². The van der Waals surface area contributed by atoms with Crippen LogP contribution < -0.4 is 0 Å². The van der Waals surface area contributed by atoms with Crippen molar-refractivity contribution >= 4 is 19.7 Å². The minimum atomic E-state index is -4.72. The van der Waals surface area contributed by atoms with Gasteiger partial charge >= 0.3 is 6.18 Å². The maximum absolute atomic E-state index is 13.2. The molecule has 0 saturated carbocycles. The van der Waals surface area contributed by atoms with Crippen molar-refractivity contribution in [1.29, 1.82) is 0 Å². The smallest absolute Gasteiger partial charge is 0.372 e. The molecule has 1 aliphatic rings. The van der Waals surface area contributed by atoms with Crippen LogP contribution in [0.1, 0.15) is 37.1 Å². The molecule has 2 unspecified atom stereocenters. The minimum absolute atomic E-state index is 0.0211. The van der Waals surface area contributed by atoms with E-state index in [9.17, 15) is 38.8 Å². The molecule has 0 spiro atoms. The molecule has 0 bridgehead atoms. The number of halogens is 5. The number of rotatable bonds is 6. The maximum atomic E-state index is 13.2. The Morgan fingerprint density at radius 1 is 1.22 bits per heavy atom. The fraction of sp³-hybridized carbons (Fsp3) is 0.500. The first-order valence-corrected chi connectivity index (χ1v) is 12.4. The summed E-state index contributed by atoms with van der Waals surface area (Å²) in [6, 6.07) is 4.40. The molecular formula is C18H19F5N2O5S2. The quantitative estimate of drug-likeness (QED) is 0.606. The lowest BCUT2D eigenvalue weighted by molar-refractivity contribution is -0.137. The van der Waals surface area contributed by atoms with Gasteiger partial charge in [-0.25, -0.2) is 25.6 Å². The van der Waals surface area contributed by atoms with E-state index in [1.165, 1.54) is 6.92 Å². The van der Waals surface area contributed by atoms with Gasteiger partial charge in [-0.05, 0) is 38.0 Å². The zero-order valence-corrected chi connectivity index (χ0v) is 18.2. The van der Waals surface area contributed by atoms with Gasteiger partial charge in [-0.3, -0.25) is 5.10 Å². The van der Waals surface area contributed by atoms with Gasteiger partial charge in [0.15, 0.2) is 14.9 Å². The number of nitrogens with one attached hydrogen (secondary N) is 1. The highest BCUT2D eigenvalue weighted by molar-refractivity contribution is 7.92. The molecule has 2 heterocycles. The third kappa shape index (κ3) is 4.81. The third-order valence-electron chi connectivity index (χ3n) is 5.27. The normalized spacial score (nSPS) is 22.9. The van der Waals surface area contributed by atoms with Crippen molar-refractivity contribution in [3.63, 3.8) is 0 Å². The van der Waals surface area contributed by atoms with E-state index in [-0.39, 0.29) is 25.1 Å². The molecule has 0 amide bonds. The first kappa shape index (κ1) is 24.6. The van der Waals surface area contributed by atoms with Crippen LogP contribution in [-0.2, 0) is 30.6 Å². The molecular weight excluding hydrogens is 483 g/mol. The lowest BCUT2D eigenvalue weighted by Crippen LogP contribution is -2.42. The van der Waals surface area contributed by atoms with Crippen LogP contribution in [0, 0.1) is 0 Å². The van der Waals surface area contributed by atoms with Crippen molar-refractivity contribution in [2.24, 2.45) is 0 Å². The van der Waals surface area contributed by atoms with Gasteiger partial charge in [0.05, 0.1) is 20.9 Å². The Kier molecular flexibility index (Phi) is 6.43. The summed E-state index contributed by atoms with van der Waals surface area (Å²) in [5, 5.41) is 5.26. The first-order chi connectivity index (χ1) is 14.7. The molecule has 3 rings (SSSR count). The predicted molar refractivity (Wildman–Crippen MR) is 102 cm³/mol. The monoisotopic (exact) mass is 502 g/mol. The Hall–Kier alpha value is -2.06. The molecule has 1 aromatic carbocycles. The average Bonchev–Trinajstić information content (AvgIpc) is 3.18. The Labute approximate surface area is 180 Å². The summed E-state index contributed by atoms with van der Waals surface area (Å²) in [5.74, 6) is -1.43. The van der Waals surface area contributed by atoms with Crippen LogP contribution in [0.4, 0.5) is 22.0 Å². The fourth-order valence-electron chi connectivity index (χ4n) is 3.43. The largest absolute Gasteiger partial charge is 0.416 e. The first-order valence-electron chi connectivity index (χ1n) is 9.25. The fourth-order valence-corrected chi connectivity index (χ4v) is 6.26. The van der Waals surface area contributed by atoms with E-state index in [1.807, 2.05) is 0 Å². The topological polar surface area (TPSA) is 106 Å². The van der Waals surface area contributed by atoms with Crippen LogP contribution in [0.2, 0.25) is 0 Å². The second-order valence-corrected chi connectivity index (χ2v) is 12.1. The van der Waals surface area contributed by atoms with E-state index < -0.39 is 64.4 Å². The number of H-pyrrole nitrogens is 1. The van der Waals surface area contributed by atoms with Gasteiger partial charge in [0.2, 0.25) is 9.84 Å². The zero-order valence-electron chi connectivity index (χ0n) is 16.6. The van der Waals surface area contributed by atoms with E-state index in [4.69, 9.17) is 4.74 Å². The van der Waals surface area contributed by atoms with Crippen LogP contribution in [0.25, 0.3) is 0 Å². The highest BCUT2D eigenvalue weighted by Crippen LogP contribution is 2.42. The lowest BCUT2D eigenvalue weighted by atomic mass is 9.95. The predicted octanol–water partition coefficient (Wildman–Crippen LogP) is 3.55. The third-order valence-corrected chi connectivity index (χ3v) is 9.35. The van der Waals surface area contributed by atoms with Crippen LogP contribution in [0.3, 0.4) is 0 Å². The molecule has 1 saturated heterocycles. The molecule has 2 aromatic rings. The number of nitrogens with zero attached hydrogens (tertiary/aromatic N) is 1. The van der Waals surface area contributed by atoms with Gasteiger partial charge in [0.1, 0.15) is 11.9 Å². The molecule has 1 N–H and O–H groups in total. The van der Waals surface area contributed by atoms with E-state index >= 15 is 0 Å². The van der Waals surface area contributed by atoms with Crippen molar-refractivity contribution in [2.45, 2.75) is 53.1 Å². The number of aromatic amines is 1. The van der Waals surface area contributed by atoms with Gasteiger partial charge in [-0.1, -0.05) is 6.07 Å². The minimum Gasteiger partial charge on any atom is -0.372 e. The van der Waals surface area contributed by atoms with Crippen LogP contribution in [0.5, 0.6) is 0 Å². The lowest BCUT2D eigenvalue weighted by Gasteiger charge is -2.37. The van der Waals surface area contributed by atoms with Crippen molar-refractivity contribution in [3.8, 4) is 0 Å². The van der Waals surface area contributed by atoms with Crippen molar-refractivity contribution < 1.29 is 43.5 Å². The summed E-state index contributed by atoms with van der Waals surface area (Å²) in [6.07, 6.45) is -9.06. The second kappa shape index (κ2) is 8.37. The second-order valence-electron chi connectivity index (χ2n) is 7.63. The van der Waals surface area contributed by atoms with Gasteiger partial charge in [0, 0.05) is 12.7 Å². The number of benzene rings is 1. The summed E-state index contributed by atoms with van der Waals surface area (Å²) in [4.78, 5) is -0.500. The van der Waals surface area contributed by atoms with Gasteiger partial charge in [-0.2, -0.15) is 18.3 Å². The van der Waals surface area contributed by atoms with Gasteiger partial charge < -0.3 is 4.74 Å². The van der Waals surface area contributed by atoms with E-state index in [1.54, 1.807) is 0 Å². The summed E-state index contributed by atoms with van der Waals surface area (Å²) in [7, 11) is -8.62. The van der Waals surface area contributed by atoms with Gasteiger partial charge in [0.25, 0.3) is 6.43 Å². The van der Waals surface area contributed by atoms with E-state index in [0.717, 1.165) is 24.3 Å². The number of hydrogen-bond acceptors (Lipinski definition) is 6. The summed E-state index contributed by atoms with van der Waals surface area (Å²) >= 11 is 0. The van der Waals surface area contributed by atoms with Crippen molar-refractivity contribution in [3.05, 3.63) is 41.6 Å². The Morgan fingerprint density at radius 2 is 1.91 bits per heavy atom. The SMILES string of the molecule is CC1(S(=O)(=O)c2cccc(C(F)(F)F)c2)CCOC(c2cc(S(=O)(=O)CC(F)F)n[nH]2)C1. The Balaban J connectivity index is 1.90. The number of alkyl halides is 5. The van der Waals surface area contributed by atoms with Crippen LogP contribution >= 0.6 is 0 Å². The number of aromatic nitrogens is 2.